The SMILES string of the molecule is CCOC(CNC(=O)Nc1ccc(NS(C)(=O)=O)cc1)OCC. The smallest absolute Gasteiger partial charge is 0.319 e. The van der Waals surface area contributed by atoms with Crippen molar-refractivity contribution < 1.29 is 22.7 Å². The first-order valence-corrected chi connectivity index (χ1v) is 9.09. The maximum atomic E-state index is 11.8. The maximum Gasteiger partial charge on any atom is 0.319 e. The van der Waals surface area contributed by atoms with Gasteiger partial charge in [-0.2, -0.15) is 0 Å². The van der Waals surface area contributed by atoms with Gasteiger partial charge in [-0.1, -0.05) is 0 Å². The third-order valence-electron chi connectivity index (χ3n) is 2.58. The van der Waals surface area contributed by atoms with Gasteiger partial charge in [-0.05, 0) is 38.1 Å². The van der Waals surface area contributed by atoms with Crippen molar-refractivity contribution in [3.63, 3.8) is 0 Å². The number of amides is 2. The molecule has 0 aliphatic heterocycles. The Kier molecular flexibility index (Phi) is 7.79. The summed E-state index contributed by atoms with van der Waals surface area (Å²) >= 11 is 0. The summed E-state index contributed by atoms with van der Waals surface area (Å²) in [4.78, 5) is 11.8. The first-order chi connectivity index (χ1) is 10.8. The number of benzene rings is 1. The van der Waals surface area contributed by atoms with Crippen molar-refractivity contribution in [2.24, 2.45) is 0 Å². The summed E-state index contributed by atoms with van der Waals surface area (Å²) in [6, 6.07) is 5.89. The van der Waals surface area contributed by atoms with Crippen LogP contribution < -0.4 is 15.4 Å². The van der Waals surface area contributed by atoms with E-state index in [0.29, 0.717) is 24.6 Å². The van der Waals surface area contributed by atoms with Crippen LogP contribution in [0.15, 0.2) is 24.3 Å². The van der Waals surface area contributed by atoms with E-state index < -0.39 is 22.3 Å². The van der Waals surface area contributed by atoms with Gasteiger partial charge in [-0.25, -0.2) is 13.2 Å². The minimum absolute atomic E-state index is 0.223. The van der Waals surface area contributed by atoms with E-state index in [1.807, 2.05) is 13.8 Å². The van der Waals surface area contributed by atoms with Gasteiger partial charge in [0, 0.05) is 24.6 Å². The normalized spacial score (nSPS) is 11.3. The Labute approximate surface area is 136 Å². The van der Waals surface area contributed by atoms with Gasteiger partial charge in [-0.15, -0.1) is 0 Å². The van der Waals surface area contributed by atoms with Crippen molar-refractivity contribution in [1.82, 2.24) is 5.32 Å². The highest BCUT2D eigenvalue weighted by atomic mass is 32.2. The molecule has 9 heteroatoms. The number of anilines is 2. The van der Waals surface area contributed by atoms with Gasteiger partial charge < -0.3 is 20.1 Å². The van der Waals surface area contributed by atoms with E-state index in [1.54, 1.807) is 24.3 Å². The minimum Gasteiger partial charge on any atom is -0.351 e. The summed E-state index contributed by atoms with van der Waals surface area (Å²) in [6.07, 6.45) is 0.580. The largest absolute Gasteiger partial charge is 0.351 e. The third kappa shape index (κ3) is 8.38. The number of carbonyl (C=O) groups excluding carboxylic acids is 1. The van der Waals surface area contributed by atoms with Crippen LogP contribution >= 0.6 is 0 Å². The second kappa shape index (κ2) is 9.33. The fourth-order valence-corrected chi connectivity index (χ4v) is 2.29. The van der Waals surface area contributed by atoms with Gasteiger partial charge in [-0.3, -0.25) is 4.72 Å². The zero-order chi connectivity index (χ0) is 17.3. The minimum atomic E-state index is -3.32. The number of nitrogens with one attached hydrogen (secondary N) is 3. The van der Waals surface area contributed by atoms with Crippen molar-refractivity contribution >= 4 is 27.4 Å². The van der Waals surface area contributed by atoms with Crippen LogP contribution in [0.1, 0.15) is 13.8 Å². The van der Waals surface area contributed by atoms with E-state index in [0.717, 1.165) is 6.26 Å². The Morgan fingerprint density at radius 1 is 1.09 bits per heavy atom. The zero-order valence-electron chi connectivity index (χ0n) is 13.5. The Balaban J connectivity index is 2.47. The molecule has 1 rings (SSSR count). The average molecular weight is 345 g/mol. The van der Waals surface area contributed by atoms with Gasteiger partial charge in [0.1, 0.15) is 0 Å². The Hall–Kier alpha value is -1.84. The summed E-state index contributed by atoms with van der Waals surface area (Å²) in [6.45, 7) is 4.89. The number of urea groups is 1. The summed E-state index contributed by atoms with van der Waals surface area (Å²) in [5, 5.41) is 5.28. The molecular formula is C14H23N3O5S. The van der Waals surface area contributed by atoms with Gasteiger partial charge in [0.25, 0.3) is 0 Å². The van der Waals surface area contributed by atoms with Crippen molar-refractivity contribution in [2.45, 2.75) is 20.1 Å². The highest BCUT2D eigenvalue weighted by Crippen LogP contribution is 2.14. The highest BCUT2D eigenvalue weighted by Gasteiger charge is 2.10. The third-order valence-corrected chi connectivity index (χ3v) is 3.19. The molecule has 0 radical (unpaired) electrons. The molecule has 0 saturated carbocycles. The zero-order valence-corrected chi connectivity index (χ0v) is 14.3. The second-order valence-corrected chi connectivity index (χ2v) is 6.38. The standard InChI is InChI=1S/C14H23N3O5S/c1-4-21-13(22-5-2)10-15-14(18)16-11-6-8-12(9-7-11)17-23(3,19)20/h6-9,13,17H,4-5,10H2,1-3H3,(H2,15,16,18). The van der Waals surface area contributed by atoms with E-state index >= 15 is 0 Å². The Morgan fingerprint density at radius 3 is 2.09 bits per heavy atom. The number of rotatable bonds is 9. The highest BCUT2D eigenvalue weighted by molar-refractivity contribution is 7.92. The molecule has 130 valence electrons. The molecule has 23 heavy (non-hydrogen) atoms. The number of hydrogen-bond donors (Lipinski definition) is 3. The lowest BCUT2D eigenvalue weighted by atomic mass is 10.3. The Bertz CT molecular complexity index is 583. The summed E-state index contributed by atoms with van der Waals surface area (Å²) in [7, 11) is -3.32. The van der Waals surface area contributed by atoms with E-state index in [9.17, 15) is 13.2 Å². The van der Waals surface area contributed by atoms with Gasteiger partial charge in [0.2, 0.25) is 10.0 Å². The molecule has 0 aliphatic carbocycles. The molecule has 0 bridgehead atoms. The molecular weight excluding hydrogens is 322 g/mol. The molecule has 0 heterocycles. The van der Waals surface area contributed by atoms with Crippen molar-refractivity contribution in [2.75, 3.05) is 36.1 Å². The molecule has 0 aliphatic rings. The van der Waals surface area contributed by atoms with Crippen LogP contribution in [0, 0.1) is 0 Å². The molecule has 2 amide bonds. The van der Waals surface area contributed by atoms with Crippen LogP contribution in [-0.4, -0.2) is 46.8 Å². The van der Waals surface area contributed by atoms with Gasteiger partial charge in [0.15, 0.2) is 6.29 Å². The predicted molar refractivity (Wildman–Crippen MR) is 89.0 cm³/mol. The average Bonchev–Trinajstić information content (AvgIpc) is 2.46. The first kappa shape index (κ1) is 19.2. The number of sulfonamides is 1. The molecule has 0 atom stereocenters. The van der Waals surface area contributed by atoms with Crippen LogP contribution in [-0.2, 0) is 19.5 Å². The maximum absolute atomic E-state index is 11.8. The summed E-state index contributed by atoms with van der Waals surface area (Å²) < 4.78 is 35.2. The molecule has 0 fully saturated rings. The molecule has 0 unspecified atom stereocenters. The van der Waals surface area contributed by atoms with Gasteiger partial charge in [0.05, 0.1) is 12.8 Å². The summed E-state index contributed by atoms with van der Waals surface area (Å²) in [5.41, 5.74) is 0.956. The Morgan fingerprint density at radius 2 is 1.61 bits per heavy atom. The molecule has 1 aromatic carbocycles. The van der Waals surface area contributed by atoms with E-state index in [-0.39, 0.29) is 6.54 Å². The number of carbonyl (C=O) groups is 1. The quantitative estimate of drug-likeness (QED) is 0.589. The number of hydrogen-bond acceptors (Lipinski definition) is 5. The van der Waals surface area contributed by atoms with E-state index in [1.165, 1.54) is 0 Å². The lowest BCUT2D eigenvalue weighted by molar-refractivity contribution is -0.131. The van der Waals surface area contributed by atoms with Crippen LogP contribution in [0.2, 0.25) is 0 Å². The molecule has 8 nitrogen and oxygen atoms in total. The molecule has 1 aromatic rings. The predicted octanol–water partition coefficient (Wildman–Crippen LogP) is 1.58. The lowest BCUT2D eigenvalue weighted by Gasteiger charge is -2.17. The molecule has 0 spiro atoms. The molecule has 0 saturated heterocycles. The van der Waals surface area contributed by atoms with Crippen molar-refractivity contribution in [1.29, 1.82) is 0 Å². The second-order valence-electron chi connectivity index (χ2n) is 4.63. The van der Waals surface area contributed by atoms with Crippen molar-refractivity contribution in [3.8, 4) is 0 Å². The topological polar surface area (TPSA) is 106 Å². The summed E-state index contributed by atoms with van der Waals surface area (Å²) in [5.74, 6) is 0. The fraction of sp³-hybridized carbons (Fsp3) is 0.500. The van der Waals surface area contributed by atoms with E-state index in [4.69, 9.17) is 9.47 Å². The van der Waals surface area contributed by atoms with Crippen LogP contribution in [0.25, 0.3) is 0 Å². The van der Waals surface area contributed by atoms with Crippen molar-refractivity contribution in [3.05, 3.63) is 24.3 Å². The van der Waals surface area contributed by atoms with Crippen LogP contribution in [0.5, 0.6) is 0 Å². The fourth-order valence-electron chi connectivity index (χ4n) is 1.72. The van der Waals surface area contributed by atoms with E-state index in [2.05, 4.69) is 15.4 Å². The van der Waals surface area contributed by atoms with Crippen LogP contribution in [0.4, 0.5) is 16.2 Å². The first-order valence-electron chi connectivity index (χ1n) is 7.20. The molecule has 3 N–H and O–H groups in total. The molecule has 0 aromatic heterocycles. The lowest BCUT2D eigenvalue weighted by Crippen LogP contribution is -2.37. The van der Waals surface area contributed by atoms with Gasteiger partial charge >= 0.3 is 6.03 Å². The monoisotopic (exact) mass is 345 g/mol. The van der Waals surface area contributed by atoms with Crippen LogP contribution in [0.3, 0.4) is 0 Å². The number of ether oxygens (including phenoxy) is 2.